The number of rotatable bonds is 2. The quantitative estimate of drug-likeness (QED) is 0.862. The van der Waals surface area contributed by atoms with Crippen LogP contribution in [0.15, 0.2) is 17.8 Å². The molecule has 0 radical (unpaired) electrons. The third kappa shape index (κ3) is 1.88. The summed E-state index contributed by atoms with van der Waals surface area (Å²) in [6, 6.07) is 2.02. The van der Waals surface area contributed by atoms with Crippen LogP contribution in [0, 0.1) is 0 Å². The van der Waals surface area contributed by atoms with Crippen LogP contribution in [0.2, 0.25) is 0 Å². The number of fused-ring (bicyclic) bond motifs is 1. The Hall–Kier alpha value is -1.20. The highest BCUT2D eigenvalue weighted by molar-refractivity contribution is 7.16. The molecule has 0 saturated carbocycles. The van der Waals surface area contributed by atoms with Crippen molar-refractivity contribution < 1.29 is 4.74 Å². The highest BCUT2D eigenvalue weighted by Crippen LogP contribution is 2.26. The molecule has 3 rings (SSSR count). The van der Waals surface area contributed by atoms with Gasteiger partial charge in [0.15, 0.2) is 0 Å². The molecule has 3 heterocycles. The minimum absolute atomic E-state index is 0.242. The Morgan fingerprint density at radius 2 is 2.44 bits per heavy atom. The number of ether oxygens (including phenoxy) is 1. The number of piperidine rings is 1. The van der Waals surface area contributed by atoms with Crippen LogP contribution >= 0.6 is 11.3 Å². The van der Waals surface area contributed by atoms with E-state index in [1.165, 1.54) is 6.42 Å². The number of hydrogen-bond acceptors (Lipinski definition) is 5. The molecule has 1 atom stereocenters. The maximum absolute atomic E-state index is 5.92. The summed E-state index contributed by atoms with van der Waals surface area (Å²) in [7, 11) is 0. The minimum atomic E-state index is 0.242. The summed E-state index contributed by atoms with van der Waals surface area (Å²) in [5, 5.41) is 6.38. The standard InChI is InChI=1S/C11H13N3OS/c1-2-8(6-12-4-1)15-10-9-3-5-16-11(9)14-7-13-10/h3,5,7-8,12H,1-2,4,6H2. The van der Waals surface area contributed by atoms with Crippen molar-refractivity contribution in [2.24, 2.45) is 0 Å². The topological polar surface area (TPSA) is 47.0 Å². The molecule has 1 fully saturated rings. The molecule has 2 aromatic rings. The Labute approximate surface area is 97.7 Å². The smallest absolute Gasteiger partial charge is 0.225 e. The fourth-order valence-electron chi connectivity index (χ4n) is 1.94. The van der Waals surface area contributed by atoms with Gasteiger partial charge in [-0.1, -0.05) is 0 Å². The summed E-state index contributed by atoms with van der Waals surface area (Å²) in [6.07, 6.45) is 4.09. The lowest BCUT2D eigenvalue weighted by molar-refractivity contribution is 0.162. The van der Waals surface area contributed by atoms with E-state index >= 15 is 0 Å². The molecule has 0 bridgehead atoms. The number of nitrogens with zero attached hydrogens (tertiary/aromatic N) is 2. The van der Waals surface area contributed by atoms with E-state index in [1.54, 1.807) is 17.7 Å². The molecule has 0 amide bonds. The molecule has 5 heteroatoms. The van der Waals surface area contributed by atoms with Gasteiger partial charge in [-0.2, -0.15) is 0 Å². The number of aromatic nitrogens is 2. The van der Waals surface area contributed by atoms with Crippen molar-refractivity contribution in [1.82, 2.24) is 15.3 Å². The van der Waals surface area contributed by atoms with Crippen molar-refractivity contribution in [3.8, 4) is 5.88 Å². The first kappa shape index (κ1) is 9.99. The summed E-state index contributed by atoms with van der Waals surface area (Å²) < 4.78 is 5.92. The first-order valence-electron chi connectivity index (χ1n) is 5.49. The van der Waals surface area contributed by atoms with Crippen molar-refractivity contribution >= 4 is 21.6 Å². The van der Waals surface area contributed by atoms with Crippen LogP contribution in [0.25, 0.3) is 10.2 Å². The lowest BCUT2D eigenvalue weighted by Gasteiger charge is -2.23. The van der Waals surface area contributed by atoms with Crippen molar-refractivity contribution in [2.75, 3.05) is 13.1 Å². The van der Waals surface area contributed by atoms with Gasteiger partial charge in [-0.25, -0.2) is 9.97 Å². The SMILES string of the molecule is c1nc(OC2CCCNC2)c2ccsc2n1. The molecule has 1 saturated heterocycles. The molecule has 0 aliphatic carbocycles. The fourth-order valence-corrected chi connectivity index (χ4v) is 2.66. The van der Waals surface area contributed by atoms with E-state index in [0.29, 0.717) is 0 Å². The maximum atomic E-state index is 5.92. The third-order valence-electron chi connectivity index (χ3n) is 2.76. The largest absolute Gasteiger partial charge is 0.472 e. The van der Waals surface area contributed by atoms with Crippen LogP contribution in [0.1, 0.15) is 12.8 Å². The number of nitrogens with one attached hydrogen (secondary N) is 1. The predicted molar refractivity (Wildman–Crippen MR) is 63.9 cm³/mol. The molecule has 1 N–H and O–H groups in total. The van der Waals surface area contributed by atoms with Gasteiger partial charge in [0.05, 0.1) is 5.39 Å². The zero-order valence-corrected chi connectivity index (χ0v) is 9.67. The van der Waals surface area contributed by atoms with E-state index in [-0.39, 0.29) is 6.10 Å². The van der Waals surface area contributed by atoms with Crippen LogP contribution in [-0.2, 0) is 0 Å². The average molecular weight is 235 g/mol. The summed E-state index contributed by atoms with van der Waals surface area (Å²) >= 11 is 1.62. The van der Waals surface area contributed by atoms with Crippen molar-refractivity contribution in [3.63, 3.8) is 0 Å². The molecule has 0 aromatic carbocycles. The van der Waals surface area contributed by atoms with Gasteiger partial charge in [0.2, 0.25) is 5.88 Å². The molecule has 0 spiro atoms. The Morgan fingerprint density at radius 3 is 3.31 bits per heavy atom. The maximum Gasteiger partial charge on any atom is 0.225 e. The Kier molecular flexibility index (Phi) is 2.71. The molecule has 4 nitrogen and oxygen atoms in total. The van der Waals surface area contributed by atoms with Crippen LogP contribution in [0.4, 0.5) is 0 Å². The van der Waals surface area contributed by atoms with Gasteiger partial charge in [0, 0.05) is 6.54 Å². The zero-order chi connectivity index (χ0) is 10.8. The van der Waals surface area contributed by atoms with Gasteiger partial charge in [-0.3, -0.25) is 0 Å². The first-order valence-corrected chi connectivity index (χ1v) is 6.37. The predicted octanol–water partition coefficient (Wildman–Crippen LogP) is 1.82. The van der Waals surface area contributed by atoms with Crippen molar-refractivity contribution in [3.05, 3.63) is 17.8 Å². The number of thiophene rings is 1. The molecule has 1 aliphatic rings. The van der Waals surface area contributed by atoms with Crippen LogP contribution in [0.3, 0.4) is 0 Å². The first-order chi connectivity index (χ1) is 7.93. The normalized spacial score (nSPS) is 21.1. The summed E-state index contributed by atoms with van der Waals surface area (Å²) in [5.74, 6) is 0.722. The molecule has 84 valence electrons. The van der Waals surface area contributed by atoms with Gasteiger partial charge in [0.1, 0.15) is 17.3 Å². The van der Waals surface area contributed by atoms with E-state index in [4.69, 9.17) is 4.74 Å². The third-order valence-corrected chi connectivity index (χ3v) is 3.58. The summed E-state index contributed by atoms with van der Waals surface area (Å²) in [6.45, 7) is 2.01. The highest BCUT2D eigenvalue weighted by Gasteiger charge is 2.16. The van der Waals surface area contributed by atoms with Crippen molar-refractivity contribution in [2.45, 2.75) is 18.9 Å². The van der Waals surface area contributed by atoms with E-state index in [1.807, 2.05) is 11.4 Å². The Balaban J connectivity index is 1.85. The minimum Gasteiger partial charge on any atom is -0.472 e. The average Bonchev–Trinajstić information content (AvgIpc) is 2.80. The monoisotopic (exact) mass is 235 g/mol. The van der Waals surface area contributed by atoms with Crippen LogP contribution < -0.4 is 10.1 Å². The van der Waals surface area contributed by atoms with Crippen LogP contribution in [0.5, 0.6) is 5.88 Å². The van der Waals surface area contributed by atoms with E-state index in [0.717, 1.165) is 35.6 Å². The zero-order valence-electron chi connectivity index (χ0n) is 8.85. The Morgan fingerprint density at radius 1 is 1.44 bits per heavy atom. The molecule has 1 unspecified atom stereocenters. The van der Waals surface area contributed by atoms with E-state index in [9.17, 15) is 0 Å². The van der Waals surface area contributed by atoms with Gasteiger partial charge >= 0.3 is 0 Å². The second-order valence-corrected chi connectivity index (χ2v) is 4.80. The highest BCUT2D eigenvalue weighted by atomic mass is 32.1. The summed E-state index contributed by atoms with van der Waals surface area (Å²) in [4.78, 5) is 9.42. The fraction of sp³-hybridized carbons (Fsp3) is 0.455. The van der Waals surface area contributed by atoms with Gasteiger partial charge in [-0.15, -0.1) is 11.3 Å². The number of hydrogen-bond donors (Lipinski definition) is 1. The second-order valence-electron chi connectivity index (χ2n) is 3.90. The van der Waals surface area contributed by atoms with Crippen LogP contribution in [-0.4, -0.2) is 29.2 Å². The van der Waals surface area contributed by atoms with Gasteiger partial charge in [0.25, 0.3) is 0 Å². The summed E-state index contributed by atoms with van der Waals surface area (Å²) in [5.41, 5.74) is 0. The van der Waals surface area contributed by atoms with Gasteiger partial charge < -0.3 is 10.1 Å². The second kappa shape index (κ2) is 4.35. The van der Waals surface area contributed by atoms with Gasteiger partial charge in [-0.05, 0) is 30.8 Å². The van der Waals surface area contributed by atoms with Crippen molar-refractivity contribution in [1.29, 1.82) is 0 Å². The molecular weight excluding hydrogens is 222 g/mol. The Bertz CT molecular complexity index is 479. The lowest BCUT2D eigenvalue weighted by Crippen LogP contribution is -2.37. The van der Waals surface area contributed by atoms with E-state index in [2.05, 4.69) is 15.3 Å². The van der Waals surface area contributed by atoms with E-state index < -0.39 is 0 Å². The molecular formula is C11H13N3OS. The molecule has 2 aromatic heterocycles. The lowest BCUT2D eigenvalue weighted by atomic mass is 10.1. The molecule has 16 heavy (non-hydrogen) atoms. The molecule has 1 aliphatic heterocycles.